The molecule has 0 spiro atoms. The second kappa shape index (κ2) is 8.44. The molecule has 1 atom stereocenters. The number of carbonyl (C=O) groups excluding carboxylic acids is 1. The van der Waals surface area contributed by atoms with Gasteiger partial charge < -0.3 is 10.1 Å². The molecule has 150 valence electrons. The molecule has 1 amide bonds. The molecular weight excluding hydrogens is 410 g/mol. The van der Waals surface area contributed by atoms with Crippen molar-refractivity contribution in [3.8, 4) is 5.75 Å². The lowest BCUT2D eigenvalue weighted by atomic mass is 10.2. The van der Waals surface area contributed by atoms with Gasteiger partial charge in [-0.05, 0) is 37.3 Å². The summed E-state index contributed by atoms with van der Waals surface area (Å²) in [5.41, 5.74) is 0.0556. The quantitative estimate of drug-likeness (QED) is 0.535. The molecule has 0 aliphatic carbocycles. The van der Waals surface area contributed by atoms with E-state index in [0.29, 0.717) is 5.02 Å². The maximum atomic E-state index is 12.7. The first kappa shape index (κ1) is 21.5. The second-order valence-electron chi connectivity index (χ2n) is 5.84. The Morgan fingerprint density at radius 1 is 1.25 bits per heavy atom. The third kappa shape index (κ3) is 4.90. The predicted molar refractivity (Wildman–Crippen MR) is 107 cm³/mol. The minimum absolute atomic E-state index is 0.0538. The molecule has 0 unspecified atom stereocenters. The number of halogens is 1. The standard InChI is InChI=1S/C17H18ClN3O6S/c1-11(20(28(3,25)26)13-6-4-12(18)5-7-13)17(22)19-15-10-14(21(23)24)8-9-16(15)27-2/h4-11H,1-3H3,(H,19,22)/t11-/m0/s1. The van der Waals surface area contributed by atoms with Gasteiger partial charge in [-0.3, -0.25) is 19.2 Å². The van der Waals surface area contributed by atoms with Gasteiger partial charge in [-0.2, -0.15) is 0 Å². The van der Waals surface area contributed by atoms with E-state index >= 15 is 0 Å². The van der Waals surface area contributed by atoms with E-state index in [0.717, 1.165) is 16.6 Å². The summed E-state index contributed by atoms with van der Waals surface area (Å²) in [6.07, 6.45) is 0.972. The van der Waals surface area contributed by atoms with Crippen molar-refractivity contribution in [2.45, 2.75) is 13.0 Å². The van der Waals surface area contributed by atoms with Gasteiger partial charge in [0.05, 0.1) is 29.7 Å². The minimum Gasteiger partial charge on any atom is -0.495 e. The Balaban J connectivity index is 2.37. The first-order chi connectivity index (χ1) is 13.0. The summed E-state index contributed by atoms with van der Waals surface area (Å²) in [5, 5.41) is 13.9. The van der Waals surface area contributed by atoms with Gasteiger partial charge in [0.25, 0.3) is 5.69 Å². The van der Waals surface area contributed by atoms with E-state index in [1.807, 2.05) is 0 Å². The Kier molecular flexibility index (Phi) is 6.47. The SMILES string of the molecule is COc1ccc([N+](=O)[O-])cc1NC(=O)[C@H](C)N(c1ccc(Cl)cc1)S(C)(=O)=O. The molecule has 11 heteroatoms. The zero-order valence-electron chi connectivity index (χ0n) is 15.2. The Labute approximate surface area is 167 Å². The molecule has 0 aliphatic heterocycles. The fourth-order valence-electron chi connectivity index (χ4n) is 2.54. The van der Waals surface area contributed by atoms with Crippen LogP contribution >= 0.6 is 11.6 Å². The van der Waals surface area contributed by atoms with Crippen molar-refractivity contribution in [2.24, 2.45) is 0 Å². The van der Waals surface area contributed by atoms with E-state index in [9.17, 15) is 23.3 Å². The monoisotopic (exact) mass is 427 g/mol. The Morgan fingerprint density at radius 2 is 1.86 bits per heavy atom. The minimum atomic E-state index is -3.81. The lowest BCUT2D eigenvalue weighted by molar-refractivity contribution is -0.384. The number of nitro benzene ring substituents is 1. The number of non-ortho nitro benzene ring substituents is 1. The Hall–Kier alpha value is -2.85. The number of carbonyl (C=O) groups is 1. The normalized spacial score (nSPS) is 12.1. The number of methoxy groups -OCH3 is 1. The highest BCUT2D eigenvalue weighted by atomic mass is 35.5. The first-order valence-corrected chi connectivity index (χ1v) is 10.2. The lowest BCUT2D eigenvalue weighted by Crippen LogP contribution is -2.45. The summed E-state index contributed by atoms with van der Waals surface area (Å²) < 4.78 is 30.6. The highest BCUT2D eigenvalue weighted by Gasteiger charge is 2.30. The van der Waals surface area contributed by atoms with E-state index in [-0.39, 0.29) is 22.8 Å². The zero-order chi connectivity index (χ0) is 21.1. The van der Waals surface area contributed by atoms with Crippen LogP contribution in [0.25, 0.3) is 0 Å². The van der Waals surface area contributed by atoms with Gasteiger partial charge in [-0.15, -0.1) is 0 Å². The maximum absolute atomic E-state index is 12.7. The van der Waals surface area contributed by atoms with Crippen LogP contribution in [0.15, 0.2) is 42.5 Å². The van der Waals surface area contributed by atoms with Crippen LogP contribution in [0.1, 0.15) is 6.92 Å². The number of amides is 1. The number of anilines is 2. The van der Waals surface area contributed by atoms with Crippen molar-refractivity contribution < 1.29 is 22.9 Å². The third-order valence-corrected chi connectivity index (χ3v) is 5.31. The molecule has 0 radical (unpaired) electrons. The summed E-state index contributed by atoms with van der Waals surface area (Å²) in [6, 6.07) is 8.51. The summed E-state index contributed by atoms with van der Waals surface area (Å²) in [6.45, 7) is 1.40. The second-order valence-corrected chi connectivity index (χ2v) is 8.14. The molecule has 0 fully saturated rings. The number of sulfonamides is 1. The summed E-state index contributed by atoms with van der Waals surface area (Å²) >= 11 is 5.84. The molecule has 2 aromatic rings. The highest BCUT2D eigenvalue weighted by molar-refractivity contribution is 7.92. The lowest BCUT2D eigenvalue weighted by Gasteiger charge is -2.28. The fraction of sp³-hybridized carbons (Fsp3) is 0.235. The van der Waals surface area contributed by atoms with E-state index in [1.54, 1.807) is 0 Å². The van der Waals surface area contributed by atoms with Gasteiger partial charge in [0.1, 0.15) is 11.8 Å². The molecule has 0 saturated heterocycles. The predicted octanol–water partition coefficient (Wildman–Crippen LogP) is 3.05. The molecule has 1 N–H and O–H groups in total. The van der Waals surface area contributed by atoms with Gasteiger partial charge in [0.15, 0.2) is 0 Å². The molecule has 2 aromatic carbocycles. The summed E-state index contributed by atoms with van der Waals surface area (Å²) in [7, 11) is -2.47. The van der Waals surface area contributed by atoms with Crippen LogP contribution in [0.2, 0.25) is 5.02 Å². The van der Waals surface area contributed by atoms with Crippen LogP contribution in [0.5, 0.6) is 5.75 Å². The van der Waals surface area contributed by atoms with Crippen LogP contribution < -0.4 is 14.4 Å². The highest BCUT2D eigenvalue weighted by Crippen LogP contribution is 2.30. The zero-order valence-corrected chi connectivity index (χ0v) is 16.8. The smallest absolute Gasteiger partial charge is 0.271 e. The van der Waals surface area contributed by atoms with Crippen molar-refractivity contribution in [2.75, 3.05) is 23.0 Å². The molecule has 0 saturated carbocycles. The topological polar surface area (TPSA) is 119 Å². The largest absolute Gasteiger partial charge is 0.495 e. The molecular formula is C17H18ClN3O6S. The number of hydrogen-bond donors (Lipinski definition) is 1. The number of nitrogens with zero attached hydrogens (tertiary/aromatic N) is 2. The summed E-state index contributed by atoms with van der Waals surface area (Å²) in [5.74, 6) is -0.497. The molecule has 0 aliphatic rings. The van der Waals surface area contributed by atoms with Crippen LogP contribution in [-0.2, 0) is 14.8 Å². The maximum Gasteiger partial charge on any atom is 0.271 e. The average molecular weight is 428 g/mol. The third-order valence-electron chi connectivity index (χ3n) is 3.82. The number of rotatable bonds is 7. The van der Waals surface area contributed by atoms with Crippen LogP contribution in [0, 0.1) is 10.1 Å². The van der Waals surface area contributed by atoms with Crippen molar-refractivity contribution in [3.63, 3.8) is 0 Å². The molecule has 0 bridgehead atoms. The number of benzene rings is 2. The Morgan fingerprint density at radius 3 is 2.36 bits per heavy atom. The number of ether oxygens (including phenoxy) is 1. The van der Waals surface area contributed by atoms with Crippen LogP contribution in [-0.4, -0.2) is 38.7 Å². The van der Waals surface area contributed by atoms with Crippen molar-refractivity contribution in [1.29, 1.82) is 0 Å². The van der Waals surface area contributed by atoms with Crippen molar-refractivity contribution >= 4 is 44.6 Å². The number of nitro groups is 1. The van der Waals surface area contributed by atoms with Crippen LogP contribution in [0.4, 0.5) is 17.1 Å². The first-order valence-electron chi connectivity index (χ1n) is 7.93. The van der Waals surface area contributed by atoms with Gasteiger partial charge in [-0.1, -0.05) is 11.6 Å². The van der Waals surface area contributed by atoms with E-state index in [1.165, 1.54) is 50.4 Å². The molecule has 28 heavy (non-hydrogen) atoms. The fourth-order valence-corrected chi connectivity index (χ4v) is 3.84. The van der Waals surface area contributed by atoms with E-state index < -0.39 is 26.9 Å². The van der Waals surface area contributed by atoms with Gasteiger partial charge >= 0.3 is 0 Å². The van der Waals surface area contributed by atoms with Gasteiger partial charge in [0, 0.05) is 17.2 Å². The van der Waals surface area contributed by atoms with Crippen LogP contribution in [0.3, 0.4) is 0 Å². The molecule has 9 nitrogen and oxygen atoms in total. The number of hydrogen-bond acceptors (Lipinski definition) is 6. The van der Waals surface area contributed by atoms with E-state index in [2.05, 4.69) is 5.32 Å². The van der Waals surface area contributed by atoms with Gasteiger partial charge in [-0.25, -0.2) is 8.42 Å². The van der Waals surface area contributed by atoms with E-state index in [4.69, 9.17) is 16.3 Å². The molecule has 0 heterocycles. The Bertz CT molecular complexity index is 994. The van der Waals surface area contributed by atoms with Crippen molar-refractivity contribution in [1.82, 2.24) is 0 Å². The average Bonchev–Trinajstić information content (AvgIpc) is 2.62. The molecule has 0 aromatic heterocycles. The number of nitrogens with one attached hydrogen (secondary N) is 1. The molecule has 2 rings (SSSR count). The van der Waals surface area contributed by atoms with Crippen molar-refractivity contribution in [3.05, 3.63) is 57.6 Å². The summed E-state index contributed by atoms with van der Waals surface area (Å²) in [4.78, 5) is 23.1. The van der Waals surface area contributed by atoms with Gasteiger partial charge in [0.2, 0.25) is 15.9 Å².